The fraction of sp³-hybridized carbons (Fsp3) is 0.857. The molecule has 0 aromatic carbocycles. The first-order valence-electron chi connectivity index (χ1n) is 10.1. The molecule has 0 aliphatic heterocycles. The standard InChI is InChI=1S/C19H28O2.C2H6/c1-2-19-10-9-15-14-6-4-13(20)11-12(14)3-5-16(15)17(19)7-8-18(19)21;1-2/h11,14-18,21H,2-10H2,1H3;1-2H3. The lowest BCUT2D eigenvalue weighted by molar-refractivity contribution is -0.116. The molecule has 3 saturated carbocycles. The highest BCUT2D eigenvalue weighted by molar-refractivity contribution is 5.91. The van der Waals surface area contributed by atoms with E-state index in [9.17, 15) is 9.90 Å². The highest BCUT2D eigenvalue weighted by Crippen LogP contribution is 2.62. The molecule has 4 aliphatic rings. The van der Waals surface area contributed by atoms with Crippen molar-refractivity contribution in [2.45, 2.75) is 84.7 Å². The summed E-state index contributed by atoms with van der Waals surface area (Å²) in [6.45, 7) is 6.29. The Morgan fingerprint density at radius 2 is 1.87 bits per heavy atom. The normalized spacial score (nSPS) is 45.1. The zero-order chi connectivity index (χ0) is 16.6. The van der Waals surface area contributed by atoms with Gasteiger partial charge in [0.2, 0.25) is 0 Å². The number of hydrogen-bond donors (Lipinski definition) is 1. The third kappa shape index (κ3) is 2.62. The van der Waals surface area contributed by atoms with Crippen molar-refractivity contribution in [1.29, 1.82) is 0 Å². The number of carbonyl (C=O) groups excluding carboxylic acids is 1. The van der Waals surface area contributed by atoms with Gasteiger partial charge in [-0.25, -0.2) is 0 Å². The molecule has 0 heterocycles. The number of aliphatic hydroxyl groups is 1. The number of rotatable bonds is 1. The molecule has 130 valence electrons. The fourth-order valence-electron chi connectivity index (χ4n) is 6.64. The molecular formula is C21H34O2. The Morgan fingerprint density at radius 3 is 2.61 bits per heavy atom. The molecule has 0 aromatic rings. The molecule has 0 saturated heterocycles. The summed E-state index contributed by atoms with van der Waals surface area (Å²) in [5, 5.41) is 10.6. The first-order chi connectivity index (χ1) is 11.2. The van der Waals surface area contributed by atoms with Gasteiger partial charge in [0.1, 0.15) is 0 Å². The number of hydrogen-bond acceptors (Lipinski definition) is 2. The maximum absolute atomic E-state index is 11.7. The van der Waals surface area contributed by atoms with Crippen LogP contribution in [0, 0.1) is 29.1 Å². The number of allylic oxidation sites excluding steroid dienone is 1. The smallest absolute Gasteiger partial charge is 0.155 e. The molecule has 0 amide bonds. The SMILES string of the molecule is CC.CCC12CCC3C4CCC(=O)C=C4CCC3C1CCC2O. The van der Waals surface area contributed by atoms with Gasteiger partial charge in [-0.05, 0) is 86.5 Å². The van der Waals surface area contributed by atoms with Crippen molar-refractivity contribution in [3.05, 3.63) is 11.6 Å². The Kier molecular flexibility index (Phi) is 5.01. The second-order valence-corrected chi connectivity index (χ2v) is 8.02. The van der Waals surface area contributed by atoms with E-state index in [0.29, 0.717) is 11.7 Å². The van der Waals surface area contributed by atoms with Crippen LogP contribution in [0.2, 0.25) is 0 Å². The average molecular weight is 319 g/mol. The Bertz CT molecular complexity index is 480. The summed E-state index contributed by atoms with van der Waals surface area (Å²) in [7, 11) is 0. The van der Waals surface area contributed by atoms with Crippen LogP contribution in [0.4, 0.5) is 0 Å². The minimum Gasteiger partial charge on any atom is -0.393 e. The van der Waals surface area contributed by atoms with Gasteiger partial charge in [0.05, 0.1) is 6.10 Å². The molecule has 2 nitrogen and oxygen atoms in total. The number of aliphatic hydroxyl groups excluding tert-OH is 1. The van der Waals surface area contributed by atoms with Gasteiger partial charge in [-0.3, -0.25) is 4.79 Å². The van der Waals surface area contributed by atoms with Crippen molar-refractivity contribution in [3.8, 4) is 0 Å². The van der Waals surface area contributed by atoms with Gasteiger partial charge in [0.25, 0.3) is 0 Å². The van der Waals surface area contributed by atoms with Crippen LogP contribution in [0.3, 0.4) is 0 Å². The lowest BCUT2D eigenvalue weighted by Gasteiger charge is -2.54. The van der Waals surface area contributed by atoms with Crippen LogP contribution in [0.25, 0.3) is 0 Å². The summed E-state index contributed by atoms with van der Waals surface area (Å²) in [4.78, 5) is 11.7. The molecule has 4 aliphatic carbocycles. The van der Waals surface area contributed by atoms with Crippen molar-refractivity contribution in [2.24, 2.45) is 29.1 Å². The van der Waals surface area contributed by atoms with E-state index in [2.05, 4.69) is 6.92 Å². The van der Waals surface area contributed by atoms with Crippen molar-refractivity contribution in [3.63, 3.8) is 0 Å². The lowest BCUT2D eigenvalue weighted by atomic mass is 9.51. The molecular weight excluding hydrogens is 284 g/mol. The van der Waals surface area contributed by atoms with Crippen LogP contribution < -0.4 is 0 Å². The van der Waals surface area contributed by atoms with Crippen LogP contribution >= 0.6 is 0 Å². The van der Waals surface area contributed by atoms with E-state index in [1.54, 1.807) is 0 Å². The van der Waals surface area contributed by atoms with Crippen LogP contribution in [0.15, 0.2) is 11.6 Å². The van der Waals surface area contributed by atoms with Gasteiger partial charge < -0.3 is 5.11 Å². The quantitative estimate of drug-likeness (QED) is 0.746. The minimum atomic E-state index is -0.0571. The topological polar surface area (TPSA) is 37.3 Å². The average Bonchev–Trinajstić information content (AvgIpc) is 2.93. The highest BCUT2D eigenvalue weighted by Gasteiger charge is 2.57. The van der Waals surface area contributed by atoms with Gasteiger partial charge in [0.15, 0.2) is 5.78 Å². The van der Waals surface area contributed by atoms with Crippen molar-refractivity contribution >= 4 is 5.78 Å². The number of fused-ring (bicyclic) bond motifs is 5. The summed E-state index contributed by atoms with van der Waals surface area (Å²) < 4.78 is 0. The Balaban J connectivity index is 0.000000753. The second-order valence-electron chi connectivity index (χ2n) is 8.02. The first kappa shape index (κ1) is 17.2. The van der Waals surface area contributed by atoms with Gasteiger partial charge in [-0.15, -0.1) is 0 Å². The zero-order valence-electron chi connectivity index (χ0n) is 15.2. The van der Waals surface area contributed by atoms with E-state index in [1.807, 2.05) is 19.9 Å². The molecule has 4 rings (SSSR count). The molecule has 0 bridgehead atoms. The molecule has 0 aromatic heterocycles. The summed E-state index contributed by atoms with van der Waals surface area (Å²) >= 11 is 0. The molecule has 1 N–H and O–H groups in total. The van der Waals surface area contributed by atoms with Gasteiger partial charge >= 0.3 is 0 Å². The van der Waals surface area contributed by atoms with Crippen LogP contribution in [-0.2, 0) is 4.79 Å². The van der Waals surface area contributed by atoms with Crippen LogP contribution in [0.1, 0.15) is 78.6 Å². The van der Waals surface area contributed by atoms with Crippen LogP contribution in [-0.4, -0.2) is 17.0 Å². The first-order valence-corrected chi connectivity index (χ1v) is 10.1. The second kappa shape index (κ2) is 6.70. The monoisotopic (exact) mass is 318 g/mol. The molecule has 6 atom stereocenters. The fourth-order valence-corrected chi connectivity index (χ4v) is 6.64. The summed E-state index contributed by atoms with van der Waals surface area (Å²) in [6, 6.07) is 0. The lowest BCUT2D eigenvalue weighted by Crippen LogP contribution is -2.48. The predicted molar refractivity (Wildman–Crippen MR) is 94.1 cm³/mol. The summed E-state index contributed by atoms with van der Waals surface area (Å²) in [5.41, 5.74) is 1.70. The van der Waals surface area contributed by atoms with E-state index >= 15 is 0 Å². The molecule has 6 unspecified atom stereocenters. The Morgan fingerprint density at radius 1 is 1.09 bits per heavy atom. The van der Waals surface area contributed by atoms with E-state index in [0.717, 1.165) is 49.9 Å². The molecule has 0 spiro atoms. The Hall–Kier alpha value is -0.630. The molecule has 2 heteroatoms. The number of ketones is 1. The largest absolute Gasteiger partial charge is 0.393 e. The van der Waals surface area contributed by atoms with Gasteiger partial charge in [0, 0.05) is 6.42 Å². The van der Waals surface area contributed by atoms with Gasteiger partial charge in [-0.2, -0.15) is 0 Å². The summed E-state index contributed by atoms with van der Waals surface area (Å²) in [6.07, 6.45) is 12.1. The van der Waals surface area contributed by atoms with Crippen molar-refractivity contribution in [1.82, 2.24) is 0 Å². The van der Waals surface area contributed by atoms with Crippen molar-refractivity contribution < 1.29 is 9.90 Å². The molecule has 0 radical (unpaired) electrons. The van der Waals surface area contributed by atoms with Gasteiger partial charge in [-0.1, -0.05) is 26.3 Å². The number of carbonyl (C=O) groups is 1. The summed E-state index contributed by atoms with van der Waals surface area (Å²) in [5.74, 6) is 3.40. The third-order valence-electron chi connectivity index (χ3n) is 7.63. The zero-order valence-corrected chi connectivity index (χ0v) is 15.2. The third-order valence-corrected chi connectivity index (χ3v) is 7.63. The van der Waals surface area contributed by atoms with Crippen molar-refractivity contribution in [2.75, 3.05) is 0 Å². The Labute approximate surface area is 141 Å². The highest BCUT2D eigenvalue weighted by atomic mass is 16.3. The van der Waals surface area contributed by atoms with E-state index < -0.39 is 0 Å². The maximum atomic E-state index is 11.7. The van der Waals surface area contributed by atoms with Crippen LogP contribution in [0.5, 0.6) is 0 Å². The minimum absolute atomic E-state index is 0.0571. The maximum Gasteiger partial charge on any atom is 0.155 e. The van der Waals surface area contributed by atoms with E-state index in [4.69, 9.17) is 0 Å². The molecule has 3 fully saturated rings. The molecule has 23 heavy (non-hydrogen) atoms. The van der Waals surface area contributed by atoms with E-state index in [1.165, 1.54) is 31.3 Å². The predicted octanol–water partition coefficient (Wildman–Crippen LogP) is 4.91. The van der Waals surface area contributed by atoms with E-state index in [-0.39, 0.29) is 11.5 Å².